The Labute approximate surface area is 129 Å². The lowest BCUT2D eigenvalue weighted by Crippen LogP contribution is -2.21. The predicted octanol–water partition coefficient (Wildman–Crippen LogP) is 3.29. The molecule has 1 unspecified atom stereocenters. The van der Waals surface area contributed by atoms with Gasteiger partial charge >= 0.3 is 5.97 Å². The van der Waals surface area contributed by atoms with Crippen LogP contribution in [0, 0.1) is 5.92 Å². The second-order valence-electron chi connectivity index (χ2n) is 4.90. The van der Waals surface area contributed by atoms with Gasteiger partial charge in [-0.2, -0.15) is 0 Å². The van der Waals surface area contributed by atoms with Gasteiger partial charge in [0, 0.05) is 34.7 Å². The van der Waals surface area contributed by atoms with E-state index in [-0.39, 0.29) is 6.42 Å². The van der Waals surface area contributed by atoms with Crippen LogP contribution in [-0.4, -0.2) is 34.0 Å². The molecule has 19 heavy (non-hydrogen) atoms. The fourth-order valence-electron chi connectivity index (χ4n) is 2.39. The maximum absolute atomic E-state index is 10.6. The van der Waals surface area contributed by atoms with Crippen molar-refractivity contribution < 1.29 is 9.90 Å². The van der Waals surface area contributed by atoms with Gasteiger partial charge in [-0.15, -0.1) is 0 Å². The van der Waals surface area contributed by atoms with Crippen LogP contribution in [0.5, 0.6) is 0 Å². The van der Waals surface area contributed by atoms with E-state index in [1.54, 1.807) is 6.20 Å². The lowest BCUT2D eigenvalue weighted by atomic mass is 10.0. The van der Waals surface area contributed by atoms with Gasteiger partial charge in [-0.25, -0.2) is 0 Å². The molecule has 1 N–H and O–H groups in total. The molecule has 0 saturated carbocycles. The highest BCUT2D eigenvalue weighted by Crippen LogP contribution is 2.25. The van der Waals surface area contributed by atoms with E-state index in [1.165, 1.54) is 0 Å². The van der Waals surface area contributed by atoms with Gasteiger partial charge in [-0.1, -0.05) is 0 Å². The average Bonchev–Trinajstić information content (AvgIpc) is 2.78. The summed E-state index contributed by atoms with van der Waals surface area (Å²) in [7, 11) is 0. The van der Waals surface area contributed by atoms with Gasteiger partial charge in [0.25, 0.3) is 0 Å². The third-order valence-electron chi connectivity index (χ3n) is 3.39. The van der Waals surface area contributed by atoms with Crippen LogP contribution in [0.2, 0.25) is 0 Å². The monoisotopic (exact) mass is 390 g/mol. The van der Waals surface area contributed by atoms with E-state index in [2.05, 4.69) is 41.7 Å². The van der Waals surface area contributed by atoms with E-state index in [9.17, 15) is 4.79 Å². The quantitative estimate of drug-likeness (QED) is 0.836. The molecule has 4 nitrogen and oxygen atoms in total. The zero-order valence-electron chi connectivity index (χ0n) is 10.5. The largest absolute Gasteiger partial charge is 0.481 e. The average molecular weight is 392 g/mol. The van der Waals surface area contributed by atoms with Gasteiger partial charge in [-0.05, 0) is 63.2 Å². The van der Waals surface area contributed by atoms with E-state index < -0.39 is 5.97 Å². The fourth-order valence-corrected chi connectivity index (χ4v) is 3.50. The number of nitrogens with zero attached hydrogens (tertiary/aromatic N) is 2. The Balaban J connectivity index is 1.86. The van der Waals surface area contributed by atoms with Crippen molar-refractivity contribution in [2.45, 2.75) is 25.8 Å². The van der Waals surface area contributed by atoms with Gasteiger partial charge in [-0.3, -0.25) is 14.7 Å². The van der Waals surface area contributed by atoms with Crippen molar-refractivity contribution >= 4 is 37.8 Å². The topological polar surface area (TPSA) is 53.4 Å². The molecule has 1 aliphatic heterocycles. The summed E-state index contributed by atoms with van der Waals surface area (Å²) in [5.74, 6) is -0.193. The minimum Gasteiger partial charge on any atom is -0.481 e. The minimum absolute atomic E-state index is 0.277. The number of hydrogen-bond donors (Lipinski definition) is 1. The molecule has 2 rings (SSSR count). The first-order chi connectivity index (χ1) is 9.04. The molecule has 2 heterocycles. The molecular formula is C13H16Br2N2O2. The third kappa shape index (κ3) is 4.54. The highest BCUT2D eigenvalue weighted by molar-refractivity contribution is 9.11. The summed E-state index contributed by atoms with van der Waals surface area (Å²) >= 11 is 6.91. The second-order valence-corrected chi connectivity index (χ2v) is 6.67. The van der Waals surface area contributed by atoms with Crippen LogP contribution < -0.4 is 0 Å². The number of likely N-dealkylation sites (tertiary alicyclic amines) is 1. The second kappa shape index (κ2) is 6.81. The molecule has 1 saturated heterocycles. The van der Waals surface area contributed by atoms with Crippen molar-refractivity contribution in [3.05, 3.63) is 26.9 Å². The smallest absolute Gasteiger partial charge is 0.303 e. The molecule has 0 aromatic carbocycles. The number of pyridine rings is 1. The highest BCUT2D eigenvalue weighted by Gasteiger charge is 2.23. The van der Waals surface area contributed by atoms with Crippen LogP contribution in [0.3, 0.4) is 0 Å². The normalized spacial score (nSPS) is 19.8. The molecule has 1 aromatic rings. The van der Waals surface area contributed by atoms with Gasteiger partial charge < -0.3 is 5.11 Å². The molecule has 1 aromatic heterocycles. The first kappa shape index (κ1) is 14.9. The molecule has 0 bridgehead atoms. The Morgan fingerprint density at radius 1 is 1.53 bits per heavy atom. The zero-order valence-corrected chi connectivity index (χ0v) is 13.7. The van der Waals surface area contributed by atoms with Crippen LogP contribution >= 0.6 is 31.9 Å². The van der Waals surface area contributed by atoms with Crippen LogP contribution in [0.25, 0.3) is 0 Å². The summed E-state index contributed by atoms with van der Waals surface area (Å²) in [4.78, 5) is 17.3. The molecule has 0 amide bonds. The molecule has 1 atom stereocenters. The lowest BCUT2D eigenvalue weighted by molar-refractivity contribution is -0.137. The van der Waals surface area contributed by atoms with Crippen LogP contribution in [0.15, 0.2) is 21.2 Å². The molecule has 104 valence electrons. The molecule has 0 aliphatic carbocycles. The van der Waals surface area contributed by atoms with Crippen molar-refractivity contribution in [1.82, 2.24) is 9.88 Å². The lowest BCUT2D eigenvalue weighted by Gasteiger charge is -2.16. The third-order valence-corrected chi connectivity index (χ3v) is 4.51. The van der Waals surface area contributed by atoms with E-state index in [4.69, 9.17) is 5.11 Å². The van der Waals surface area contributed by atoms with Crippen LogP contribution in [0.4, 0.5) is 0 Å². The molecular weight excluding hydrogens is 376 g/mol. The zero-order chi connectivity index (χ0) is 13.8. The maximum atomic E-state index is 10.6. The minimum atomic E-state index is -0.698. The molecule has 0 radical (unpaired) electrons. The Kier molecular flexibility index (Phi) is 5.36. The van der Waals surface area contributed by atoms with E-state index >= 15 is 0 Å². The number of aliphatic carboxylic acids is 1. The Morgan fingerprint density at radius 2 is 2.32 bits per heavy atom. The summed E-state index contributed by atoms with van der Waals surface area (Å²) in [5, 5.41) is 8.70. The van der Waals surface area contributed by atoms with Crippen molar-refractivity contribution in [2.24, 2.45) is 5.92 Å². The van der Waals surface area contributed by atoms with E-state index in [1.807, 2.05) is 6.07 Å². The SMILES string of the molecule is O=C(O)CCC1CCN(Cc2ncc(Br)cc2Br)C1. The maximum Gasteiger partial charge on any atom is 0.303 e. The van der Waals surface area contributed by atoms with Crippen molar-refractivity contribution in [3.63, 3.8) is 0 Å². The summed E-state index contributed by atoms with van der Waals surface area (Å²) in [6.45, 7) is 2.81. The number of rotatable bonds is 5. The number of hydrogen-bond acceptors (Lipinski definition) is 3. The van der Waals surface area contributed by atoms with E-state index in [0.717, 1.165) is 47.1 Å². The summed E-state index contributed by atoms with van der Waals surface area (Å²) in [6, 6.07) is 2.00. The van der Waals surface area contributed by atoms with Gasteiger partial charge in [0.15, 0.2) is 0 Å². The number of aromatic nitrogens is 1. The Bertz CT molecular complexity index is 468. The fraction of sp³-hybridized carbons (Fsp3) is 0.538. The number of carboxylic acid groups (broad SMARTS) is 1. The first-order valence-electron chi connectivity index (χ1n) is 6.28. The number of carbonyl (C=O) groups is 1. The first-order valence-corrected chi connectivity index (χ1v) is 7.87. The molecule has 1 fully saturated rings. The Hall–Kier alpha value is -0.460. The number of halogens is 2. The Morgan fingerprint density at radius 3 is 3.00 bits per heavy atom. The summed E-state index contributed by atoms with van der Waals surface area (Å²) < 4.78 is 1.97. The van der Waals surface area contributed by atoms with Gasteiger partial charge in [0.1, 0.15) is 0 Å². The number of carboxylic acids is 1. The predicted molar refractivity (Wildman–Crippen MR) is 79.9 cm³/mol. The van der Waals surface area contributed by atoms with Crippen LogP contribution in [-0.2, 0) is 11.3 Å². The molecule has 6 heteroatoms. The van der Waals surface area contributed by atoms with Crippen molar-refractivity contribution in [2.75, 3.05) is 13.1 Å². The summed E-state index contributed by atoms with van der Waals surface area (Å²) in [5.41, 5.74) is 1.03. The highest BCUT2D eigenvalue weighted by atomic mass is 79.9. The van der Waals surface area contributed by atoms with Crippen molar-refractivity contribution in [3.8, 4) is 0 Å². The van der Waals surface area contributed by atoms with Gasteiger partial charge in [0.2, 0.25) is 0 Å². The van der Waals surface area contributed by atoms with Crippen molar-refractivity contribution in [1.29, 1.82) is 0 Å². The van der Waals surface area contributed by atoms with E-state index in [0.29, 0.717) is 5.92 Å². The summed E-state index contributed by atoms with van der Waals surface area (Å²) in [6.07, 6.45) is 3.94. The van der Waals surface area contributed by atoms with Crippen LogP contribution in [0.1, 0.15) is 25.0 Å². The standard InChI is InChI=1S/C13H16Br2N2O2/c14-10-5-11(15)12(16-6-10)8-17-4-3-9(7-17)1-2-13(18)19/h5-6,9H,1-4,7-8H2,(H,18,19). The van der Waals surface area contributed by atoms with Gasteiger partial charge in [0.05, 0.1) is 5.69 Å². The molecule has 1 aliphatic rings. The molecule has 0 spiro atoms.